The summed E-state index contributed by atoms with van der Waals surface area (Å²) in [5.74, 6) is 5.98. The average Bonchev–Trinajstić information content (AvgIpc) is 2.42. The van der Waals surface area contributed by atoms with Crippen molar-refractivity contribution in [2.45, 2.75) is 45.4 Å². The summed E-state index contributed by atoms with van der Waals surface area (Å²) < 4.78 is 0. The van der Waals surface area contributed by atoms with Crippen LogP contribution in [-0.4, -0.2) is 6.54 Å². The number of anilines is 1. The Kier molecular flexibility index (Phi) is 7.98. The number of para-hydroxylation sites is 1. The Morgan fingerprint density at radius 3 is 2.33 bits per heavy atom. The lowest BCUT2D eigenvalue weighted by atomic mass is 10.2. The molecule has 0 radical (unpaired) electrons. The number of hydrogen-bond acceptors (Lipinski definition) is 2. The summed E-state index contributed by atoms with van der Waals surface area (Å²) in [7, 11) is 0. The highest BCUT2D eigenvalue weighted by Crippen LogP contribution is 2.10. The van der Waals surface area contributed by atoms with Gasteiger partial charge in [-0.15, -0.1) is 0 Å². The van der Waals surface area contributed by atoms with Crippen molar-refractivity contribution < 1.29 is 0 Å². The lowest BCUT2D eigenvalue weighted by molar-refractivity contribution is 0.724. The van der Waals surface area contributed by atoms with Crippen LogP contribution in [-0.2, 0) is 0 Å². The quantitative estimate of drug-likeness (QED) is 0.305. The summed E-state index contributed by atoms with van der Waals surface area (Å²) in [6.07, 6.45) is 12.0. The first-order chi connectivity index (χ1) is 8.84. The molecular formula is C16H26N2. The molecule has 0 aliphatic rings. The minimum Gasteiger partial charge on any atom is -0.311 e. The van der Waals surface area contributed by atoms with Crippen LogP contribution in [0.2, 0.25) is 0 Å². The zero-order chi connectivity index (χ0) is 13.1. The second-order valence-electron chi connectivity index (χ2n) is 4.64. The molecule has 0 spiro atoms. The molecule has 0 saturated heterocycles. The Balaban J connectivity index is 2.07. The fraction of sp³-hybridized carbons (Fsp3) is 0.500. The smallest absolute Gasteiger partial charge is 0.0517 e. The first-order valence-corrected chi connectivity index (χ1v) is 7.07. The summed E-state index contributed by atoms with van der Waals surface area (Å²) in [6.45, 7) is 3.15. The van der Waals surface area contributed by atoms with Gasteiger partial charge in [0.2, 0.25) is 0 Å². The molecule has 0 heterocycles. The predicted octanol–water partition coefficient (Wildman–Crippen LogP) is 4.28. The zero-order valence-electron chi connectivity index (χ0n) is 11.5. The third-order valence-corrected chi connectivity index (χ3v) is 3.00. The van der Waals surface area contributed by atoms with Crippen molar-refractivity contribution in [2.24, 2.45) is 5.84 Å². The van der Waals surface area contributed by atoms with E-state index in [4.69, 9.17) is 5.84 Å². The molecule has 0 atom stereocenters. The topological polar surface area (TPSA) is 29.3 Å². The molecule has 1 rings (SSSR count). The first-order valence-electron chi connectivity index (χ1n) is 7.07. The minimum atomic E-state index is 0.906. The molecule has 2 nitrogen and oxygen atoms in total. The number of hydrazine groups is 1. The van der Waals surface area contributed by atoms with Gasteiger partial charge in [0.15, 0.2) is 0 Å². The molecule has 0 unspecified atom stereocenters. The maximum absolute atomic E-state index is 5.98. The Labute approximate surface area is 111 Å². The molecule has 0 aliphatic heterocycles. The van der Waals surface area contributed by atoms with E-state index in [1.54, 1.807) is 0 Å². The summed E-state index contributed by atoms with van der Waals surface area (Å²) in [5, 5.41) is 1.82. The van der Waals surface area contributed by atoms with Crippen LogP contribution in [0.5, 0.6) is 0 Å². The number of nitrogens with two attached hydrogens (primary N) is 1. The largest absolute Gasteiger partial charge is 0.311 e. The lowest BCUT2D eigenvalue weighted by Gasteiger charge is -2.17. The van der Waals surface area contributed by atoms with Crippen molar-refractivity contribution in [3.05, 3.63) is 42.5 Å². The van der Waals surface area contributed by atoms with E-state index in [0.717, 1.165) is 25.1 Å². The number of nitrogens with zero attached hydrogens (tertiary/aromatic N) is 1. The molecule has 0 aliphatic carbocycles. The molecule has 0 bridgehead atoms. The molecule has 0 amide bonds. The van der Waals surface area contributed by atoms with E-state index in [0.29, 0.717) is 0 Å². The van der Waals surface area contributed by atoms with Crippen molar-refractivity contribution in [1.29, 1.82) is 0 Å². The number of hydrogen-bond donors (Lipinski definition) is 1. The van der Waals surface area contributed by atoms with Gasteiger partial charge in [0.25, 0.3) is 0 Å². The average molecular weight is 246 g/mol. The maximum Gasteiger partial charge on any atom is 0.0517 e. The van der Waals surface area contributed by atoms with E-state index in [9.17, 15) is 0 Å². The zero-order valence-corrected chi connectivity index (χ0v) is 11.5. The van der Waals surface area contributed by atoms with Gasteiger partial charge in [0, 0.05) is 6.54 Å². The van der Waals surface area contributed by atoms with Crippen LogP contribution in [0.25, 0.3) is 0 Å². The second-order valence-corrected chi connectivity index (χ2v) is 4.64. The van der Waals surface area contributed by atoms with Crippen molar-refractivity contribution in [3.8, 4) is 0 Å². The van der Waals surface area contributed by atoms with Crippen LogP contribution in [0.1, 0.15) is 45.4 Å². The van der Waals surface area contributed by atoms with Gasteiger partial charge in [-0.25, -0.2) is 5.84 Å². The van der Waals surface area contributed by atoms with Gasteiger partial charge in [0.05, 0.1) is 5.69 Å². The highest BCUT2D eigenvalue weighted by Gasteiger charge is 1.98. The molecule has 1 aromatic carbocycles. The van der Waals surface area contributed by atoms with E-state index in [1.807, 2.05) is 35.3 Å². The maximum atomic E-state index is 5.98. The summed E-state index contributed by atoms with van der Waals surface area (Å²) >= 11 is 0. The number of allylic oxidation sites excluding steroid dienone is 2. The fourth-order valence-electron chi connectivity index (χ4n) is 1.88. The Morgan fingerprint density at radius 1 is 1.00 bits per heavy atom. The molecule has 0 aromatic heterocycles. The van der Waals surface area contributed by atoms with E-state index in [2.05, 4.69) is 19.1 Å². The van der Waals surface area contributed by atoms with Gasteiger partial charge >= 0.3 is 0 Å². The molecular weight excluding hydrogens is 220 g/mol. The summed E-state index contributed by atoms with van der Waals surface area (Å²) in [5.41, 5.74) is 1.09. The number of unbranched alkanes of at least 4 members (excludes halogenated alkanes) is 4. The van der Waals surface area contributed by atoms with Gasteiger partial charge in [-0.2, -0.15) is 0 Å². The van der Waals surface area contributed by atoms with Crippen LogP contribution in [0.3, 0.4) is 0 Å². The van der Waals surface area contributed by atoms with Crippen molar-refractivity contribution >= 4 is 5.69 Å². The molecule has 0 saturated carbocycles. The van der Waals surface area contributed by atoms with Crippen molar-refractivity contribution in [2.75, 3.05) is 11.6 Å². The third-order valence-electron chi connectivity index (χ3n) is 3.00. The van der Waals surface area contributed by atoms with Gasteiger partial charge in [-0.1, -0.05) is 50.1 Å². The van der Waals surface area contributed by atoms with E-state index < -0.39 is 0 Å². The van der Waals surface area contributed by atoms with Crippen LogP contribution < -0.4 is 10.9 Å². The molecule has 2 heteroatoms. The van der Waals surface area contributed by atoms with Crippen LogP contribution in [0.15, 0.2) is 42.5 Å². The highest BCUT2D eigenvalue weighted by atomic mass is 15.4. The minimum absolute atomic E-state index is 0.906. The number of rotatable bonds is 9. The van der Waals surface area contributed by atoms with Gasteiger partial charge < -0.3 is 5.01 Å². The van der Waals surface area contributed by atoms with Crippen molar-refractivity contribution in [1.82, 2.24) is 0 Å². The fourth-order valence-corrected chi connectivity index (χ4v) is 1.88. The SMILES string of the molecule is CCCCC/C=C\CCCN(N)c1ccccc1. The van der Waals surface area contributed by atoms with Crippen LogP contribution in [0.4, 0.5) is 5.69 Å². The van der Waals surface area contributed by atoms with E-state index >= 15 is 0 Å². The molecule has 100 valence electrons. The van der Waals surface area contributed by atoms with Gasteiger partial charge in [0.1, 0.15) is 0 Å². The Bertz CT molecular complexity index is 319. The van der Waals surface area contributed by atoms with E-state index in [1.165, 1.54) is 25.7 Å². The normalized spacial score (nSPS) is 11.0. The Hall–Kier alpha value is -1.28. The molecule has 2 N–H and O–H groups in total. The molecule has 1 aromatic rings. The second kappa shape index (κ2) is 9.72. The lowest BCUT2D eigenvalue weighted by Crippen LogP contribution is -2.31. The van der Waals surface area contributed by atoms with Crippen molar-refractivity contribution in [3.63, 3.8) is 0 Å². The monoisotopic (exact) mass is 246 g/mol. The van der Waals surface area contributed by atoms with Gasteiger partial charge in [-0.3, -0.25) is 0 Å². The van der Waals surface area contributed by atoms with Crippen LogP contribution >= 0.6 is 0 Å². The summed E-state index contributed by atoms with van der Waals surface area (Å²) in [4.78, 5) is 0. The summed E-state index contributed by atoms with van der Waals surface area (Å²) in [6, 6.07) is 10.1. The first kappa shape index (κ1) is 14.8. The molecule has 0 fully saturated rings. The highest BCUT2D eigenvalue weighted by molar-refractivity contribution is 5.43. The standard InChI is InChI=1S/C16H26N2/c1-2-3-4-5-6-7-8-12-15-18(17)16-13-10-9-11-14-16/h6-7,9-11,13-14H,2-5,8,12,15,17H2,1H3/b7-6-. The van der Waals surface area contributed by atoms with E-state index in [-0.39, 0.29) is 0 Å². The van der Waals surface area contributed by atoms with Crippen LogP contribution in [0, 0.1) is 0 Å². The third kappa shape index (κ3) is 6.45. The number of benzene rings is 1. The van der Waals surface area contributed by atoms with Gasteiger partial charge in [-0.05, 0) is 37.8 Å². The predicted molar refractivity (Wildman–Crippen MR) is 80.5 cm³/mol. The Morgan fingerprint density at radius 2 is 1.67 bits per heavy atom. The molecule has 18 heavy (non-hydrogen) atoms.